The minimum absolute atomic E-state index is 0.0203. The van der Waals surface area contributed by atoms with Crippen molar-refractivity contribution in [2.45, 2.75) is 241 Å². The first-order chi connectivity index (χ1) is 33.1. The lowest BCUT2D eigenvalue weighted by Crippen LogP contribution is -2.67. The van der Waals surface area contributed by atoms with Crippen LogP contribution in [0, 0.1) is 28.6 Å². The molecule has 4 saturated heterocycles. The largest absolute Gasteiger partial charge is 0.462 e. The summed E-state index contributed by atoms with van der Waals surface area (Å²) in [6.45, 7) is 12.3. The third-order valence-corrected chi connectivity index (χ3v) is 18.2. The van der Waals surface area contributed by atoms with Gasteiger partial charge in [0.15, 0.2) is 25.2 Å². The van der Waals surface area contributed by atoms with Gasteiger partial charge in [-0.05, 0) is 95.8 Å². The average molecular weight is 1000 g/mol. The van der Waals surface area contributed by atoms with Gasteiger partial charge in [-0.15, -0.1) is 0 Å². The number of fused-ring (bicyclic) bond motifs is 5. The lowest BCUT2D eigenvalue weighted by Gasteiger charge is -2.63. The summed E-state index contributed by atoms with van der Waals surface area (Å²) >= 11 is 0. The van der Waals surface area contributed by atoms with Crippen molar-refractivity contribution in [3.8, 4) is 0 Å². The fourth-order valence-electron chi connectivity index (χ4n) is 14.3. The first-order valence-corrected chi connectivity index (χ1v) is 25.6. The molecule has 4 heterocycles. The van der Waals surface area contributed by atoms with Gasteiger partial charge in [-0.25, -0.2) is 0 Å². The van der Waals surface area contributed by atoms with Crippen LogP contribution in [0.1, 0.15) is 106 Å². The number of aliphatic hydroxyl groups is 7. The molecule has 7 N–H and O–H groups in total. The van der Waals surface area contributed by atoms with Gasteiger partial charge in [0.05, 0.1) is 54.9 Å². The maximum atomic E-state index is 12.7. The molecule has 3 saturated carbocycles. The number of allylic oxidation sites excluding steroid dienone is 1. The number of carbonyl (C=O) groups excluding carboxylic acids is 1. The highest BCUT2D eigenvalue weighted by Gasteiger charge is 2.71. The molecule has 20 nitrogen and oxygen atoms in total. The van der Waals surface area contributed by atoms with Gasteiger partial charge < -0.3 is 92.6 Å². The van der Waals surface area contributed by atoms with Crippen LogP contribution in [0.25, 0.3) is 0 Å². The summed E-state index contributed by atoms with van der Waals surface area (Å²) in [6, 6.07) is 0. The fraction of sp³-hybridized carbons (Fsp3) is 0.940. The Morgan fingerprint density at radius 1 is 0.729 bits per heavy atom. The van der Waals surface area contributed by atoms with Crippen LogP contribution in [0.2, 0.25) is 0 Å². The molecule has 0 spiro atoms. The number of rotatable bonds is 14. The summed E-state index contributed by atoms with van der Waals surface area (Å²) in [6.07, 6.45) is -10.9. The van der Waals surface area contributed by atoms with Crippen LogP contribution in [0.4, 0.5) is 0 Å². The maximum absolute atomic E-state index is 12.7. The molecule has 0 radical (unpaired) electrons. The number of ether oxygens (including phenoxy) is 12. The minimum atomic E-state index is -1.66. The van der Waals surface area contributed by atoms with Gasteiger partial charge in [0.2, 0.25) is 0 Å². The molecule has 0 aromatic heterocycles. The average Bonchev–Trinajstić information content (AvgIpc) is 3.61. The van der Waals surface area contributed by atoms with Crippen molar-refractivity contribution in [3.05, 3.63) is 11.6 Å². The summed E-state index contributed by atoms with van der Waals surface area (Å²) in [5.74, 6) is -0.472. The SMILES string of the molecule is CO[C@@H]1[C@@H](O)[C@H](O[C@@H]2[C@@H](OC)C[C@H](O[C@@H]3[C@@H](OC)C[C@H](O[C@H]4CC[C@@]5(C)C(=CC[C@@H]6[C@@H]5C[C@@H](OC(C)=O)[C@]5(C)[C@@H]([C@H](C)O)CC[C@]65O)C4)O[C@@H]3C)O[C@@H]2C)O[C@H](C)[C@H]1O[C@@H]1O[C@H](CO)[C@@H](O)[C@H](O)[C@H]1O. The molecule has 20 heteroatoms. The first-order valence-electron chi connectivity index (χ1n) is 25.6. The number of hydrogen-bond donors (Lipinski definition) is 7. The molecule has 0 unspecified atom stereocenters. The number of hydrogen-bond acceptors (Lipinski definition) is 20. The Morgan fingerprint density at radius 3 is 1.93 bits per heavy atom. The molecule has 8 rings (SSSR count). The van der Waals surface area contributed by atoms with E-state index in [2.05, 4.69) is 13.0 Å². The smallest absolute Gasteiger partial charge is 0.302 e. The molecule has 0 aromatic carbocycles. The lowest BCUT2D eigenvalue weighted by atomic mass is 9.44. The van der Waals surface area contributed by atoms with Crippen molar-refractivity contribution in [2.24, 2.45) is 28.6 Å². The zero-order valence-electron chi connectivity index (χ0n) is 42.4. The number of methoxy groups -OCH3 is 3. The third-order valence-electron chi connectivity index (χ3n) is 18.2. The Labute approximate surface area is 411 Å². The minimum Gasteiger partial charge on any atom is -0.462 e. The van der Waals surface area contributed by atoms with E-state index in [1.54, 1.807) is 28.1 Å². The number of esters is 1. The van der Waals surface area contributed by atoms with E-state index >= 15 is 0 Å². The fourth-order valence-corrected chi connectivity index (χ4v) is 14.3. The summed E-state index contributed by atoms with van der Waals surface area (Å²) in [5, 5.41) is 75.8. The quantitative estimate of drug-likeness (QED) is 0.0957. The lowest BCUT2D eigenvalue weighted by molar-refractivity contribution is -0.373. The molecule has 4 aliphatic heterocycles. The van der Waals surface area contributed by atoms with Crippen molar-refractivity contribution in [3.63, 3.8) is 0 Å². The second kappa shape index (κ2) is 21.6. The second-order valence-corrected chi connectivity index (χ2v) is 22.0. The zero-order chi connectivity index (χ0) is 50.8. The Balaban J connectivity index is 0.857. The van der Waals surface area contributed by atoms with Gasteiger partial charge in [0.1, 0.15) is 61.0 Å². The highest BCUT2D eigenvalue weighted by molar-refractivity contribution is 5.66. The molecular weight excluding hydrogens is 921 g/mol. The Kier molecular flexibility index (Phi) is 16.9. The summed E-state index contributed by atoms with van der Waals surface area (Å²) in [7, 11) is 4.57. The van der Waals surface area contributed by atoms with Crippen molar-refractivity contribution in [2.75, 3.05) is 27.9 Å². The number of aliphatic hydroxyl groups excluding tert-OH is 6. The monoisotopic (exact) mass is 1000 g/mol. The van der Waals surface area contributed by atoms with Crippen LogP contribution >= 0.6 is 0 Å². The summed E-state index contributed by atoms with van der Waals surface area (Å²) in [4.78, 5) is 12.5. The van der Waals surface area contributed by atoms with E-state index in [0.29, 0.717) is 32.1 Å². The number of carbonyl (C=O) groups is 1. The molecule has 7 fully saturated rings. The summed E-state index contributed by atoms with van der Waals surface area (Å²) < 4.78 is 74.0. The third kappa shape index (κ3) is 9.81. The van der Waals surface area contributed by atoms with Crippen LogP contribution in [-0.4, -0.2) is 204 Å². The van der Waals surface area contributed by atoms with Gasteiger partial charge in [-0.2, -0.15) is 0 Å². The first kappa shape index (κ1) is 54.7. The van der Waals surface area contributed by atoms with Gasteiger partial charge >= 0.3 is 5.97 Å². The molecule has 4 aliphatic carbocycles. The van der Waals surface area contributed by atoms with Crippen molar-refractivity contribution in [1.82, 2.24) is 0 Å². The molecule has 402 valence electrons. The van der Waals surface area contributed by atoms with Gasteiger partial charge in [-0.1, -0.05) is 25.5 Å². The van der Waals surface area contributed by atoms with Crippen molar-refractivity contribution >= 4 is 5.97 Å². The van der Waals surface area contributed by atoms with E-state index in [1.807, 2.05) is 20.8 Å². The van der Waals surface area contributed by atoms with E-state index in [0.717, 1.165) is 19.3 Å². The van der Waals surface area contributed by atoms with Crippen LogP contribution in [0.15, 0.2) is 11.6 Å². The highest BCUT2D eigenvalue weighted by Crippen LogP contribution is 2.69. The second-order valence-electron chi connectivity index (χ2n) is 22.0. The Bertz CT molecular complexity index is 1800. The van der Waals surface area contributed by atoms with Crippen LogP contribution in [0.3, 0.4) is 0 Å². The van der Waals surface area contributed by atoms with Crippen molar-refractivity contribution < 1.29 is 97.4 Å². The van der Waals surface area contributed by atoms with Crippen molar-refractivity contribution in [1.29, 1.82) is 0 Å². The van der Waals surface area contributed by atoms with Crippen LogP contribution < -0.4 is 0 Å². The van der Waals surface area contributed by atoms with E-state index < -0.39 is 140 Å². The standard InChI is InChI=1S/C50H82O20/c1-22(52)29-14-16-50(58)30-12-11-27-17-28(13-15-48(27,6)31(30)18-35(49(29,50)7)65-26(5)53)66-36-19-32(59-8)42(23(2)62-36)68-37-20-33(60-9)43(24(3)63-37)69-47-41(57)45(61-10)44(25(4)64-47)70-46-40(56)39(55)38(54)34(21-51)67-46/h11,22-25,28-47,51-52,54-58H,12-21H2,1-10H3/t22-,23+,24+,25+,28-,29+,30+,31-,32-,33-,34+,35+,36-,37-,38+,39-,40+,41+,42-,43-,44+,45+,46-,47-,48-,49-,50-/m0/s1. The molecule has 27 atom stereocenters. The van der Waals surface area contributed by atoms with Crippen LogP contribution in [0.5, 0.6) is 0 Å². The normalized spacial score (nSPS) is 52.2. The predicted molar refractivity (Wildman–Crippen MR) is 243 cm³/mol. The molecule has 70 heavy (non-hydrogen) atoms. The Hall–Kier alpha value is -1.51. The van der Waals surface area contributed by atoms with Gasteiger partial charge in [0.25, 0.3) is 0 Å². The Morgan fingerprint density at radius 2 is 1.33 bits per heavy atom. The molecule has 0 bridgehead atoms. The van der Waals surface area contributed by atoms with Gasteiger partial charge in [-0.3, -0.25) is 4.79 Å². The van der Waals surface area contributed by atoms with Crippen LogP contribution in [-0.2, 0) is 61.6 Å². The van der Waals surface area contributed by atoms with E-state index in [1.165, 1.54) is 19.6 Å². The topological polar surface area (TPSA) is 269 Å². The van der Waals surface area contributed by atoms with E-state index in [9.17, 15) is 40.5 Å². The molecular formula is C50H82O20. The molecule has 8 aliphatic rings. The van der Waals surface area contributed by atoms with E-state index in [4.69, 9.17) is 56.8 Å². The highest BCUT2D eigenvalue weighted by atomic mass is 16.8. The molecule has 0 amide bonds. The van der Waals surface area contributed by atoms with Gasteiger partial charge in [0, 0.05) is 46.5 Å². The zero-order valence-corrected chi connectivity index (χ0v) is 42.4. The molecule has 0 aromatic rings. The predicted octanol–water partition coefficient (Wildman–Crippen LogP) is 1.36. The maximum Gasteiger partial charge on any atom is 0.302 e. The van der Waals surface area contributed by atoms with E-state index in [-0.39, 0.29) is 41.7 Å². The summed E-state index contributed by atoms with van der Waals surface area (Å²) in [5.41, 5.74) is -0.751.